The monoisotopic (exact) mass is 259 g/mol. The average Bonchev–Trinajstić information content (AvgIpc) is 3.01. The smallest absolute Gasteiger partial charge is 0.364 e. The van der Waals surface area contributed by atoms with Gasteiger partial charge in [-0.3, -0.25) is 0 Å². The molecule has 0 saturated carbocycles. The number of aromatic nitrogens is 4. The Morgan fingerprint density at radius 3 is 3.05 bits per heavy atom. The van der Waals surface area contributed by atoms with E-state index in [1.165, 1.54) is 0 Å². The standard InChI is InChI=1S/C11H9N5O3/c12-10-9(14-19-15-10)11(17)18-6-7-5-16-4-2-1-3-8(16)13-7/h1-5H,6H2,(H2,12,15). The predicted molar refractivity (Wildman–Crippen MR) is 63.0 cm³/mol. The molecule has 0 aliphatic heterocycles. The molecule has 19 heavy (non-hydrogen) atoms. The lowest BCUT2D eigenvalue weighted by Gasteiger charge is -1.98. The van der Waals surface area contributed by atoms with Gasteiger partial charge in [0.15, 0.2) is 0 Å². The van der Waals surface area contributed by atoms with E-state index in [0.29, 0.717) is 5.69 Å². The molecular weight excluding hydrogens is 250 g/mol. The normalized spacial score (nSPS) is 10.7. The van der Waals surface area contributed by atoms with Crippen LogP contribution in [-0.2, 0) is 11.3 Å². The predicted octanol–water partition coefficient (Wildman–Crippen LogP) is 0.656. The maximum absolute atomic E-state index is 11.6. The second kappa shape index (κ2) is 4.41. The fourth-order valence-corrected chi connectivity index (χ4v) is 1.60. The van der Waals surface area contributed by atoms with Crippen molar-refractivity contribution < 1.29 is 14.2 Å². The summed E-state index contributed by atoms with van der Waals surface area (Å²) in [5.41, 5.74) is 6.64. The number of pyridine rings is 1. The van der Waals surface area contributed by atoms with Gasteiger partial charge in [0.25, 0.3) is 0 Å². The molecule has 0 aromatic carbocycles. The third-order valence-corrected chi connectivity index (χ3v) is 2.47. The van der Waals surface area contributed by atoms with Crippen molar-refractivity contribution in [2.45, 2.75) is 6.61 Å². The molecule has 0 unspecified atom stereocenters. The van der Waals surface area contributed by atoms with Crippen LogP contribution in [0.5, 0.6) is 0 Å². The Morgan fingerprint density at radius 2 is 2.32 bits per heavy atom. The van der Waals surface area contributed by atoms with E-state index < -0.39 is 5.97 Å². The zero-order valence-corrected chi connectivity index (χ0v) is 9.68. The minimum absolute atomic E-state index is 0.0206. The molecule has 0 saturated heterocycles. The van der Waals surface area contributed by atoms with E-state index in [1.807, 2.05) is 28.8 Å². The number of hydrogen-bond donors (Lipinski definition) is 1. The lowest BCUT2D eigenvalue weighted by atomic mass is 10.4. The first-order valence-electron chi connectivity index (χ1n) is 5.42. The number of carbonyl (C=O) groups excluding carboxylic acids is 1. The van der Waals surface area contributed by atoms with Crippen LogP contribution in [0.3, 0.4) is 0 Å². The summed E-state index contributed by atoms with van der Waals surface area (Å²) in [5, 5.41) is 6.66. The first kappa shape index (κ1) is 11.2. The second-order valence-electron chi connectivity index (χ2n) is 3.77. The number of ether oxygens (including phenoxy) is 1. The molecule has 0 fully saturated rings. The van der Waals surface area contributed by atoms with Crippen LogP contribution in [-0.4, -0.2) is 25.7 Å². The number of imidazole rings is 1. The van der Waals surface area contributed by atoms with Crippen LogP contribution in [0, 0.1) is 0 Å². The second-order valence-corrected chi connectivity index (χ2v) is 3.77. The fraction of sp³-hybridized carbons (Fsp3) is 0.0909. The lowest BCUT2D eigenvalue weighted by Crippen LogP contribution is -2.08. The van der Waals surface area contributed by atoms with E-state index in [1.54, 1.807) is 6.20 Å². The number of hydrogen-bond acceptors (Lipinski definition) is 7. The Morgan fingerprint density at radius 1 is 1.42 bits per heavy atom. The fourth-order valence-electron chi connectivity index (χ4n) is 1.60. The highest BCUT2D eigenvalue weighted by atomic mass is 16.6. The number of esters is 1. The molecule has 3 rings (SSSR count). The van der Waals surface area contributed by atoms with Gasteiger partial charge in [0.2, 0.25) is 11.5 Å². The van der Waals surface area contributed by atoms with Crippen molar-refractivity contribution in [2.75, 3.05) is 5.73 Å². The van der Waals surface area contributed by atoms with Crippen molar-refractivity contribution in [1.29, 1.82) is 0 Å². The Bertz CT molecular complexity index is 700. The molecule has 0 aliphatic rings. The number of anilines is 1. The molecule has 0 aliphatic carbocycles. The van der Waals surface area contributed by atoms with E-state index in [4.69, 9.17) is 10.5 Å². The topological polar surface area (TPSA) is 109 Å². The number of carbonyl (C=O) groups is 1. The Kier molecular flexibility index (Phi) is 2.60. The van der Waals surface area contributed by atoms with Crippen LogP contribution < -0.4 is 5.73 Å². The van der Waals surface area contributed by atoms with Crippen molar-refractivity contribution in [3.05, 3.63) is 42.0 Å². The van der Waals surface area contributed by atoms with Crippen molar-refractivity contribution in [3.63, 3.8) is 0 Å². The highest BCUT2D eigenvalue weighted by molar-refractivity contribution is 5.91. The third-order valence-electron chi connectivity index (χ3n) is 2.47. The van der Waals surface area contributed by atoms with Crippen molar-refractivity contribution in [1.82, 2.24) is 19.7 Å². The van der Waals surface area contributed by atoms with Gasteiger partial charge in [-0.05, 0) is 22.4 Å². The van der Waals surface area contributed by atoms with Gasteiger partial charge in [0.05, 0.1) is 5.69 Å². The summed E-state index contributed by atoms with van der Waals surface area (Å²) < 4.78 is 11.2. The molecule has 2 N–H and O–H groups in total. The summed E-state index contributed by atoms with van der Waals surface area (Å²) in [4.78, 5) is 15.9. The van der Waals surface area contributed by atoms with Crippen LogP contribution in [0.25, 0.3) is 5.65 Å². The van der Waals surface area contributed by atoms with E-state index in [9.17, 15) is 4.79 Å². The third kappa shape index (κ3) is 2.10. The van der Waals surface area contributed by atoms with Gasteiger partial charge in [-0.15, -0.1) is 0 Å². The molecule has 8 nitrogen and oxygen atoms in total. The van der Waals surface area contributed by atoms with Gasteiger partial charge in [0, 0.05) is 12.4 Å². The average molecular weight is 259 g/mol. The van der Waals surface area contributed by atoms with Crippen LogP contribution in [0.1, 0.15) is 16.2 Å². The van der Waals surface area contributed by atoms with Crippen molar-refractivity contribution in [2.24, 2.45) is 0 Å². The molecular formula is C11H9N5O3. The minimum atomic E-state index is -0.698. The number of nitrogens with two attached hydrogens (primary N) is 1. The van der Waals surface area contributed by atoms with Crippen LogP contribution in [0.2, 0.25) is 0 Å². The molecule has 8 heteroatoms. The molecule has 0 bridgehead atoms. The molecule has 3 heterocycles. The highest BCUT2D eigenvalue weighted by Crippen LogP contribution is 2.09. The summed E-state index contributed by atoms with van der Waals surface area (Å²) in [6.07, 6.45) is 3.63. The van der Waals surface area contributed by atoms with Gasteiger partial charge in [-0.25, -0.2) is 14.4 Å². The number of fused-ring (bicyclic) bond motifs is 1. The summed E-state index contributed by atoms with van der Waals surface area (Å²) in [7, 11) is 0. The zero-order chi connectivity index (χ0) is 13.2. The Balaban J connectivity index is 1.72. The summed E-state index contributed by atoms with van der Waals surface area (Å²) in [6.45, 7) is 0.0206. The first-order valence-corrected chi connectivity index (χ1v) is 5.42. The molecule has 3 aromatic heterocycles. The number of nitrogen functional groups attached to an aromatic ring is 1. The summed E-state index contributed by atoms with van der Waals surface area (Å²) >= 11 is 0. The molecule has 0 amide bonds. The minimum Gasteiger partial charge on any atom is -0.454 e. The number of nitrogens with zero attached hydrogens (tertiary/aromatic N) is 4. The van der Waals surface area contributed by atoms with Crippen LogP contribution in [0.15, 0.2) is 35.2 Å². The van der Waals surface area contributed by atoms with E-state index in [2.05, 4.69) is 19.9 Å². The zero-order valence-electron chi connectivity index (χ0n) is 9.68. The van der Waals surface area contributed by atoms with Gasteiger partial charge in [-0.1, -0.05) is 6.07 Å². The van der Waals surface area contributed by atoms with E-state index in [-0.39, 0.29) is 18.1 Å². The van der Waals surface area contributed by atoms with E-state index in [0.717, 1.165) is 5.65 Å². The van der Waals surface area contributed by atoms with Crippen molar-refractivity contribution in [3.8, 4) is 0 Å². The maximum atomic E-state index is 11.6. The van der Waals surface area contributed by atoms with Crippen LogP contribution >= 0.6 is 0 Å². The van der Waals surface area contributed by atoms with Gasteiger partial charge in [-0.2, -0.15) is 0 Å². The molecule has 96 valence electrons. The number of rotatable bonds is 3. The van der Waals surface area contributed by atoms with Gasteiger partial charge < -0.3 is 14.9 Å². The van der Waals surface area contributed by atoms with Gasteiger partial charge in [0.1, 0.15) is 12.3 Å². The first-order chi connectivity index (χ1) is 9.24. The van der Waals surface area contributed by atoms with Crippen LogP contribution in [0.4, 0.5) is 5.82 Å². The summed E-state index contributed by atoms with van der Waals surface area (Å²) in [5.74, 6) is -0.796. The largest absolute Gasteiger partial charge is 0.454 e. The van der Waals surface area contributed by atoms with Gasteiger partial charge >= 0.3 is 5.97 Å². The summed E-state index contributed by atoms with van der Waals surface area (Å²) in [6, 6.07) is 5.61. The molecule has 0 radical (unpaired) electrons. The van der Waals surface area contributed by atoms with E-state index >= 15 is 0 Å². The maximum Gasteiger partial charge on any atom is 0.364 e. The highest BCUT2D eigenvalue weighted by Gasteiger charge is 2.18. The quantitative estimate of drug-likeness (QED) is 0.688. The Labute approximate surface area is 106 Å². The Hall–Kier alpha value is -2.90. The van der Waals surface area contributed by atoms with Crippen molar-refractivity contribution >= 4 is 17.4 Å². The molecule has 0 atom stereocenters. The SMILES string of the molecule is Nc1nonc1C(=O)OCc1cn2ccccc2n1. The molecule has 3 aromatic rings. The molecule has 0 spiro atoms. The lowest BCUT2D eigenvalue weighted by molar-refractivity contribution is 0.0457.